The Balaban J connectivity index is 1.55. The van der Waals surface area contributed by atoms with Gasteiger partial charge in [0.05, 0.1) is 18.1 Å². The minimum atomic E-state index is -1.21. The maximum atomic E-state index is 13.9. The van der Waals surface area contributed by atoms with Crippen LogP contribution in [0.15, 0.2) is 42.6 Å². The second kappa shape index (κ2) is 6.92. The summed E-state index contributed by atoms with van der Waals surface area (Å²) in [7, 11) is 0. The molecule has 3 aromatic rings. The molecule has 0 radical (unpaired) electrons. The van der Waals surface area contributed by atoms with Gasteiger partial charge in [-0.15, -0.1) is 0 Å². The number of rotatable bonds is 4. The van der Waals surface area contributed by atoms with Crippen molar-refractivity contribution in [1.82, 2.24) is 15.2 Å². The zero-order valence-electron chi connectivity index (χ0n) is 14.0. The molecular weight excluding hydrogens is 376 g/mol. The molecule has 4 rings (SSSR count). The number of aromatic amines is 1. The molecule has 27 heavy (non-hydrogen) atoms. The second-order valence-electron chi connectivity index (χ2n) is 6.45. The molecule has 1 amide bonds. The summed E-state index contributed by atoms with van der Waals surface area (Å²) < 4.78 is 27.4. The van der Waals surface area contributed by atoms with Gasteiger partial charge in [-0.2, -0.15) is 0 Å². The van der Waals surface area contributed by atoms with Crippen LogP contribution in [-0.2, 0) is 17.8 Å². The minimum Gasteiger partial charge on any atom is -0.361 e. The predicted octanol–water partition coefficient (Wildman–Crippen LogP) is 2.92. The highest BCUT2D eigenvalue weighted by Gasteiger charge is 2.38. The number of nitrogens with one attached hydrogen (secondary N) is 2. The smallest absolute Gasteiger partial charge is 0.243 e. The molecule has 1 aliphatic rings. The van der Waals surface area contributed by atoms with Crippen molar-refractivity contribution in [2.45, 2.75) is 25.4 Å². The van der Waals surface area contributed by atoms with E-state index in [4.69, 9.17) is 11.6 Å². The maximum Gasteiger partial charge on any atom is 0.243 e. The third-order valence-corrected chi connectivity index (χ3v) is 5.15. The summed E-state index contributed by atoms with van der Waals surface area (Å²) >= 11 is 5.96. The van der Waals surface area contributed by atoms with Crippen molar-refractivity contribution in [2.24, 2.45) is 0 Å². The SMILES string of the molecule is O=C1[C@@H](Cc2c[nH]c3c(Cl)c(F)ccc23)NC(O)N1Cc1ccccc1F. The molecule has 1 aliphatic heterocycles. The van der Waals surface area contributed by atoms with Crippen LogP contribution in [0, 0.1) is 11.6 Å². The molecule has 0 saturated carbocycles. The minimum absolute atomic E-state index is 0.00864. The molecule has 1 aromatic heterocycles. The zero-order valence-corrected chi connectivity index (χ0v) is 14.8. The lowest BCUT2D eigenvalue weighted by Crippen LogP contribution is -2.36. The quantitative estimate of drug-likeness (QED) is 0.640. The summed E-state index contributed by atoms with van der Waals surface area (Å²) in [4.78, 5) is 16.8. The Morgan fingerprint density at radius 3 is 2.67 bits per heavy atom. The van der Waals surface area contributed by atoms with E-state index in [0.29, 0.717) is 16.5 Å². The Morgan fingerprint density at radius 2 is 1.89 bits per heavy atom. The largest absolute Gasteiger partial charge is 0.361 e. The second-order valence-corrected chi connectivity index (χ2v) is 6.83. The van der Waals surface area contributed by atoms with Gasteiger partial charge in [0.15, 0.2) is 6.35 Å². The Hall–Kier alpha value is -2.48. The fraction of sp³-hybridized carbons (Fsp3) is 0.211. The van der Waals surface area contributed by atoms with Gasteiger partial charge < -0.3 is 10.1 Å². The van der Waals surface area contributed by atoms with Crippen LogP contribution in [0.2, 0.25) is 5.02 Å². The Bertz CT molecular complexity index is 1020. The topological polar surface area (TPSA) is 68.4 Å². The number of amides is 1. The van der Waals surface area contributed by atoms with Crippen LogP contribution < -0.4 is 5.32 Å². The van der Waals surface area contributed by atoms with Crippen molar-refractivity contribution in [3.8, 4) is 0 Å². The number of carbonyl (C=O) groups is 1. The van der Waals surface area contributed by atoms with Crippen molar-refractivity contribution < 1.29 is 18.7 Å². The van der Waals surface area contributed by atoms with E-state index < -0.39 is 24.0 Å². The number of fused-ring (bicyclic) bond motifs is 1. The highest BCUT2D eigenvalue weighted by Crippen LogP contribution is 2.29. The summed E-state index contributed by atoms with van der Waals surface area (Å²) in [6, 6.07) is 8.29. The van der Waals surface area contributed by atoms with Crippen LogP contribution in [0.3, 0.4) is 0 Å². The highest BCUT2D eigenvalue weighted by molar-refractivity contribution is 6.35. The number of carbonyl (C=O) groups excluding carboxylic acids is 1. The number of H-pyrrole nitrogens is 1. The lowest BCUT2D eigenvalue weighted by atomic mass is 10.0. The Labute approximate surface area is 158 Å². The molecule has 140 valence electrons. The van der Waals surface area contributed by atoms with Crippen molar-refractivity contribution in [3.63, 3.8) is 0 Å². The van der Waals surface area contributed by atoms with Crippen LogP contribution in [0.4, 0.5) is 8.78 Å². The molecule has 1 fully saturated rings. The van der Waals surface area contributed by atoms with Gasteiger partial charge in [0.25, 0.3) is 0 Å². The average molecular weight is 392 g/mol. The number of aliphatic hydroxyl groups is 1. The van der Waals surface area contributed by atoms with Gasteiger partial charge in [0.1, 0.15) is 16.7 Å². The number of hydrogen-bond acceptors (Lipinski definition) is 3. The van der Waals surface area contributed by atoms with Gasteiger partial charge in [0, 0.05) is 17.1 Å². The first-order valence-corrected chi connectivity index (χ1v) is 8.75. The molecule has 2 aromatic carbocycles. The first-order chi connectivity index (χ1) is 13.0. The van der Waals surface area contributed by atoms with Gasteiger partial charge in [-0.05, 0) is 30.2 Å². The molecule has 0 bridgehead atoms. The number of aliphatic hydroxyl groups excluding tert-OH is 1. The van der Waals surface area contributed by atoms with Gasteiger partial charge in [0.2, 0.25) is 5.91 Å². The first kappa shape index (κ1) is 17.9. The average Bonchev–Trinajstić information content (AvgIpc) is 3.17. The van der Waals surface area contributed by atoms with Gasteiger partial charge in [-0.1, -0.05) is 29.8 Å². The normalized spacial score (nSPS) is 20.0. The zero-order chi connectivity index (χ0) is 19.1. The van der Waals surface area contributed by atoms with E-state index in [1.807, 2.05) is 0 Å². The van der Waals surface area contributed by atoms with Crippen molar-refractivity contribution >= 4 is 28.4 Å². The molecular formula is C19H16ClF2N3O2. The molecule has 0 spiro atoms. The summed E-state index contributed by atoms with van der Waals surface area (Å²) in [5.74, 6) is -1.30. The Morgan fingerprint density at radius 1 is 1.11 bits per heavy atom. The molecule has 8 heteroatoms. The van der Waals surface area contributed by atoms with E-state index >= 15 is 0 Å². The van der Waals surface area contributed by atoms with Crippen molar-refractivity contribution in [1.29, 1.82) is 0 Å². The van der Waals surface area contributed by atoms with Crippen LogP contribution in [0.1, 0.15) is 11.1 Å². The molecule has 1 unspecified atom stereocenters. The van der Waals surface area contributed by atoms with E-state index in [-0.39, 0.29) is 23.9 Å². The summed E-state index contributed by atoms with van der Waals surface area (Å²) in [6.07, 6.45) is 0.719. The van der Waals surface area contributed by atoms with E-state index in [2.05, 4.69) is 10.3 Å². The molecule has 3 N–H and O–H groups in total. The predicted molar refractivity (Wildman–Crippen MR) is 96.9 cm³/mol. The Kier molecular flexibility index (Phi) is 4.59. The van der Waals surface area contributed by atoms with Gasteiger partial charge >= 0.3 is 0 Å². The molecule has 0 aliphatic carbocycles. The first-order valence-electron chi connectivity index (χ1n) is 8.37. The fourth-order valence-corrected chi connectivity index (χ4v) is 3.59. The summed E-state index contributed by atoms with van der Waals surface area (Å²) in [5.41, 5.74) is 1.54. The lowest BCUT2D eigenvalue weighted by molar-refractivity contribution is -0.135. The standard InChI is InChI=1S/C19H16ClF2N3O2/c20-16-14(22)6-5-12-11(8-23-17(12)16)7-15-18(26)25(19(27)24-15)9-10-3-1-2-4-13(10)21/h1-6,8,15,19,23-24,27H,7,9H2/t15-,19?/m1/s1. The summed E-state index contributed by atoms with van der Waals surface area (Å²) in [5, 5.41) is 13.7. The number of hydrogen-bond donors (Lipinski definition) is 3. The van der Waals surface area contributed by atoms with E-state index in [1.165, 1.54) is 17.0 Å². The van der Waals surface area contributed by atoms with E-state index in [0.717, 1.165) is 5.56 Å². The van der Waals surface area contributed by atoms with E-state index in [9.17, 15) is 18.7 Å². The van der Waals surface area contributed by atoms with Crippen molar-refractivity contribution in [2.75, 3.05) is 0 Å². The van der Waals surface area contributed by atoms with Crippen molar-refractivity contribution in [3.05, 3.63) is 70.4 Å². The third-order valence-electron chi connectivity index (χ3n) is 4.78. The number of aromatic nitrogens is 1. The molecule has 1 saturated heterocycles. The third kappa shape index (κ3) is 3.18. The van der Waals surface area contributed by atoms with Crippen LogP contribution in [0.25, 0.3) is 10.9 Å². The molecule has 2 heterocycles. The number of nitrogens with zero attached hydrogens (tertiary/aromatic N) is 1. The van der Waals surface area contributed by atoms with Crippen LogP contribution in [0.5, 0.6) is 0 Å². The van der Waals surface area contributed by atoms with Crippen LogP contribution >= 0.6 is 11.6 Å². The highest BCUT2D eigenvalue weighted by atomic mass is 35.5. The number of halogens is 3. The summed E-state index contributed by atoms with van der Waals surface area (Å²) in [6.45, 7) is -0.0406. The van der Waals surface area contributed by atoms with Gasteiger partial charge in [-0.3, -0.25) is 15.0 Å². The van der Waals surface area contributed by atoms with E-state index in [1.54, 1.807) is 30.5 Å². The molecule has 5 nitrogen and oxygen atoms in total. The lowest BCUT2D eigenvalue weighted by Gasteiger charge is -2.19. The molecule has 2 atom stereocenters. The number of benzene rings is 2. The monoisotopic (exact) mass is 391 g/mol. The maximum absolute atomic E-state index is 13.9. The van der Waals surface area contributed by atoms with Gasteiger partial charge in [-0.25, -0.2) is 8.78 Å². The fourth-order valence-electron chi connectivity index (χ4n) is 3.37. The van der Waals surface area contributed by atoms with Crippen LogP contribution in [-0.4, -0.2) is 33.3 Å².